The van der Waals surface area contributed by atoms with Crippen LogP contribution in [-0.4, -0.2) is 47.5 Å². The summed E-state index contributed by atoms with van der Waals surface area (Å²) in [6.07, 6.45) is 10.9. The predicted molar refractivity (Wildman–Crippen MR) is 123 cm³/mol. The number of nitrogens with zero attached hydrogens (tertiary/aromatic N) is 3. The highest BCUT2D eigenvalue weighted by atomic mass is 16.5. The van der Waals surface area contributed by atoms with Gasteiger partial charge >= 0.3 is 0 Å². The average Bonchev–Trinajstić information content (AvgIpc) is 2.80. The largest absolute Gasteiger partial charge is 0.497 e. The first-order chi connectivity index (χ1) is 15.1. The number of benzene rings is 1. The van der Waals surface area contributed by atoms with E-state index < -0.39 is 0 Å². The molecule has 2 fully saturated rings. The first kappa shape index (κ1) is 21.8. The van der Waals surface area contributed by atoms with Crippen molar-refractivity contribution in [3.8, 4) is 5.75 Å². The summed E-state index contributed by atoms with van der Waals surface area (Å²) in [6.45, 7) is 5.41. The molecule has 0 radical (unpaired) electrons. The van der Waals surface area contributed by atoms with Gasteiger partial charge in [-0.15, -0.1) is 0 Å². The van der Waals surface area contributed by atoms with Crippen LogP contribution in [0.1, 0.15) is 72.7 Å². The van der Waals surface area contributed by atoms with E-state index in [4.69, 9.17) is 9.72 Å². The van der Waals surface area contributed by atoms with Crippen LogP contribution in [0.2, 0.25) is 0 Å². The molecular weight excluding hydrogens is 388 g/mol. The fraction of sp³-hybridized carbons (Fsp3) is 0.560. The van der Waals surface area contributed by atoms with Crippen molar-refractivity contribution in [1.82, 2.24) is 14.9 Å². The number of rotatable bonds is 6. The Morgan fingerprint density at radius 2 is 1.81 bits per heavy atom. The van der Waals surface area contributed by atoms with Gasteiger partial charge in [-0.25, -0.2) is 9.97 Å². The number of amides is 1. The molecule has 6 nitrogen and oxygen atoms in total. The highest BCUT2D eigenvalue weighted by molar-refractivity contribution is 6.04. The van der Waals surface area contributed by atoms with E-state index in [0.717, 1.165) is 54.8 Å². The van der Waals surface area contributed by atoms with Gasteiger partial charge in [0.15, 0.2) is 0 Å². The molecule has 1 saturated heterocycles. The van der Waals surface area contributed by atoms with Gasteiger partial charge < -0.3 is 15.0 Å². The molecule has 2 heterocycles. The molecule has 2 aliphatic rings. The summed E-state index contributed by atoms with van der Waals surface area (Å²) in [5.41, 5.74) is 1.98. The van der Waals surface area contributed by atoms with Gasteiger partial charge in [-0.3, -0.25) is 4.79 Å². The summed E-state index contributed by atoms with van der Waals surface area (Å²) in [7, 11) is 1.62. The number of aryl methyl sites for hydroxylation is 1. The van der Waals surface area contributed by atoms with Crippen LogP contribution in [0.3, 0.4) is 0 Å². The number of nitrogens with one attached hydrogen (secondary N) is 1. The van der Waals surface area contributed by atoms with Gasteiger partial charge in [0.1, 0.15) is 11.6 Å². The molecule has 31 heavy (non-hydrogen) atoms. The van der Waals surface area contributed by atoms with Gasteiger partial charge in [0.2, 0.25) is 0 Å². The minimum atomic E-state index is -0.184. The second kappa shape index (κ2) is 10.2. The smallest absolute Gasteiger partial charge is 0.259 e. The number of hydrogen-bond acceptors (Lipinski definition) is 5. The van der Waals surface area contributed by atoms with E-state index in [1.807, 2.05) is 31.2 Å². The number of carbonyl (C=O) groups excluding carboxylic acids is 1. The zero-order valence-corrected chi connectivity index (χ0v) is 18.8. The maximum Gasteiger partial charge on any atom is 0.259 e. The van der Waals surface area contributed by atoms with E-state index >= 15 is 0 Å². The number of likely N-dealkylation sites (tertiary alicyclic amines) is 1. The summed E-state index contributed by atoms with van der Waals surface area (Å²) < 4.78 is 5.16. The first-order valence-electron chi connectivity index (χ1n) is 11.6. The molecule has 1 aliphatic heterocycles. The third-order valence-electron chi connectivity index (χ3n) is 6.78. The normalized spacial score (nSPS) is 18.6. The van der Waals surface area contributed by atoms with Crippen molar-refractivity contribution in [2.45, 2.75) is 57.8 Å². The molecule has 0 bridgehead atoms. The van der Waals surface area contributed by atoms with Crippen LogP contribution in [0, 0.1) is 12.8 Å². The van der Waals surface area contributed by atoms with Gasteiger partial charge in [0.05, 0.1) is 18.4 Å². The Balaban J connectivity index is 1.32. The van der Waals surface area contributed by atoms with Gasteiger partial charge in [0.25, 0.3) is 5.91 Å². The number of anilines is 1. The fourth-order valence-electron chi connectivity index (χ4n) is 4.89. The quantitative estimate of drug-likeness (QED) is 0.724. The van der Waals surface area contributed by atoms with Crippen molar-refractivity contribution < 1.29 is 9.53 Å². The van der Waals surface area contributed by atoms with Crippen LogP contribution in [0.25, 0.3) is 0 Å². The predicted octanol–water partition coefficient (Wildman–Crippen LogP) is 4.81. The lowest BCUT2D eigenvalue weighted by Crippen LogP contribution is -2.37. The average molecular weight is 423 g/mol. The van der Waals surface area contributed by atoms with Crippen LogP contribution in [0.4, 0.5) is 5.69 Å². The summed E-state index contributed by atoms with van der Waals surface area (Å²) in [6, 6.07) is 7.29. The second-order valence-corrected chi connectivity index (χ2v) is 8.99. The van der Waals surface area contributed by atoms with Gasteiger partial charge in [0, 0.05) is 24.3 Å². The number of methoxy groups -OCH3 is 1. The number of carbonyl (C=O) groups is 1. The molecule has 1 saturated carbocycles. The van der Waals surface area contributed by atoms with E-state index in [-0.39, 0.29) is 5.91 Å². The highest BCUT2D eigenvalue weighted by Crippen LogP contribution is 2.29. The maximum atomic E-state index is 12.7. The van der Waals surface area contributed by atoms with E-state index in [1.54, 1.807) is 13.3 Å². The molecule has 2 aromatic rings. The van der Waals surface area contributed by atoms with Gasteiger partial charge in [-0.2, -0.15) is 0 Å². The molecule has 0 spiro atoms. The Bertz CT molecular complexity index is 870. The molecule has 0 atom stereocenters. The van der Waals surface area contributed by atoms with Crippen LogP contribution >= 0.6 is 0 Å². The lowest BCUT2D eigenvalue weighted by molar-refractivity contribution is 0.102. The van der Waals surface area contributed by atoms with Crippen LogP contribution in [0.15, 0.2) is 30.5 Å². The van der Waals surface area contributed by atoms with E-state index in [0.29, 0.717) is 11.5 Å². The van der Waals surface area contributed by atoms with Crippen molar-refractivity contribution in [2.24, 2.45) is 5.92 Å². The van der Waals surface area contributed by atoms with E-state index in [9.17, 15) is 4.79 Å². The first-order valence-corrected chi connectivity index (χ1v) is 11.6. The summed E-state index contributed by atoms with van der Waals surface area (Å²) in [4.78, 5) is 24.6. The molecule has 1 aromatic heterocycles. The van der Waals surface area contributed by atoms with Crippen LogP contribution < -0.4 is 10.1 Å². The summed E-state index contributed by atoms with van der Waals surface area (Å²) >= 11 is 0. The van der Waals surface area contributed by atoms with Crippen LogP contribution in [-0.2, 0) is 0 Å². The Labute approximate surface area is 185 Å². The van der Waals surface area contributed by atoms with Crippen molar-refractivity contribution in [2.75, 3.05) is 32.1 Å². The van der Waals surface area contributed by atoms with Crippen molar-refractivity contribution in [1.29, 1.82) is 0 Å². The molecule has 1 aromatic carbocycles. The summed E-state index contributed by atoms with van der Waals surface area (Å²) in [5, 5.41) is 2.91. The van der Waals surface area contributed by atoms with Crippen molar-refractivity contribution in [3.05, 3.63) is 47.5 Å². The molecule has 1 N–H and O–H groups in total. The molecule has 0 unspecified atom stereocenters. The third-order valence-corrected chi connectivity index (χ3v) is 6.78. The molecular formula is C25H34N4O2. The Hall–Kier alpha value is -2.47. The lowest BCUT2D eigenvalue weighted by atomic mass is 9.88. The SMILES string of the molecule is COc1ccc(NC(=O)c2cnc(C3CCN(CC4CCCCC4)CC3)nc2C)cc1. The Kier molecular flexibility index (Phi) is 7.17. The van der Waals surface area contributed by atoms with Crippen LogP contribution in [0.5, 0.6) is 5.75 Å². The molecule has 4 rings (SSSR count). The second-order valence-electron chi connectivity index (χ2n) is 8.99. The number of aromatic nitrogens is 2. The van der Waals surface area contributed by atoms with Crippen molar-refractivity contribution in [3.63, 3.8) is 0 Å². The highest BCUT2D eigenvalue weighted by Gasteiger charge is 2.25. The van der Waals surface area contributed by atoms with Gasteiger partial charge in [-0.05, 0) is 75.9 Å². The number of ether oxygens (including phenoxy) is 1. The number of piperidine rings is 1. The van der Waals surface area contributed by atoms with Crippen molar-refractivity contribution >= 4 is 11.6 Å². The third kappa shape index (κ3) is 5.62. The molecule has 6 heteroatoms. The minimum Gasteiger partial charge on any atom is -0.497 e. The zero-order chi connectivity index (χ0) is 21.6. The molecule has 1 amide bonds. The van der Waals surface area contributed by atoms with E-state index in [2.05, 4.69) is 15.2 Å². The molecule has 166 valence electrons. The standard InChI is InChI=1S/C25H34N4O2/c1-18-23(25(30)28-21-8-10-22(31-2)11-9-21)16-26-24(27-18)20-12-14-29(15-13-20)17-19-6-4-3-5-7-19/h8-11,16,19-20H,3-7,12-15,17H2,1-2H3,(H,28,30). The number of hydrogen-bond donors (Lipinski definition) is 1. The topological polar surface area (TPSA) is 67.3 Å². The Morgan fingerprint density at radius 3 is 2.45 bits per heavy atom. The lowest BCUT2D eigenvalue weighted by Gasteiger charge is -2.35. The Morgan fingerprint density at radius 1 is 1.10 bits per heavy atom. The monoisotopic (exact) mass is 422 g/mol. The van der Waals surface area contributed by atoms with Gasteiger partial charge in [-0.1, -0.05) is 19.3 Å². The minimum absolute atomic E-state index is 0.184. The summed E-state index contributed by atoms with van der Waals surface area (Å²) in [5.74, 6) is 2.74. The maximum absolute atomic E-state index is 12.7. The fourth-order valence-corrected chi connectivity index (χ4v) is 4.89. The zero-order valence-electron chi connectivity index (χ0n) is 18.8. The van der Waals surface area contributed by atoms with E-state index in [1.165, 1.54) is 38.6 Å². The molecule has 1 aliphatic carbocycles.